The van der Waals surface area contributed by atoms with Crippen LogP contribution in [0, 0.1) is 17.5 Å². The van der Waals surface area contributed by atoms with Crippen molar-refractivity contribution in [2.24, 2.45) is 0 Å². The second kappa shape index (κ2) is 44.3. The Morgan fingerprint density at radius 1 is 0.216 bits per heavy atom. The molecule has 15 aromatic carbocycles. The topological polar surface area (TPSA) is 318 Å². The second-order valence-electron chi connectivity index (χ2n) is 28.5. The number of carbonyl (C=O) groups is 5. The fourth-order valence-corrected chi connectivity index (χ4v) is 18.0. The monoisotopic (exact) mass is 1910 g/mol. The van der Waals surface area contributed by atoms with Gasteiger partial charge in [-0.2, -0.15) is 0 Å². The number of thiazole rings is 5. The van der Waals surface area contributed by atoms with Gasteiger partial charge in [-0.1, -0.05) is 262 Å². The number of carbonyl (C=O) groups excluding carboxylic acids is 5. The molecule has 34 heteroatoms. The summed E-state index contributed by atoms with van der Waals surface area (Å²) in [5.41, 5.74) is 12.5. The van der Waals surface area contributed by atoms with E-state index >= 15 is 0 Å². The van der Waals surface area contributed by atoms with Crippen LogP contribution in [0.15, 0.2) is 364 Å². The van der Waals surface area contributed by atoms with E-state index in [1.165, 1.54) is 52.2 Å². The van der Waals surface area contributed by atoms with Crippen LogP contribution in [-0.4, -0.2) is 55.0 Å². The van der Waals surface area contributed by atoms with Crippen molar-refractivity contribution in [3.05, 3.63) is 397 Å². The van der Waals surface area contributed by atoms with Crippen molar-refractivity contribution >= 4 is 266 Å². The molecule has 134 heavy (non-hydrogen) atoms. The van der Waals surface area contributed by atoms with Crippen LogP contribution in [0.25, 0.3) is 51.1 Å². The van der Waals surface area contributed by atoms with Gasteiger partial charge in [0.2, 0.25) is 0 Å². The van der Waals surface area contributed by atoms with Gasteiger partial charge < -0.3 is 74.4 Å². The van der Waals surface area contributed by atoms with Gasteiger partial charge in [0.25, 0.3) is 5.91 Å². The van der Waals surface area contributed by atoms with Crippen LogP contribution < -0.4 is 74.4 Å². The van der Waals surface area contributed by atoms with Gasteiger partial charge in [-0.15, -0.1) is 0 Å². The predicted molar refractivity (Wildman–Crippen MR) is 547 cm³/mol. The van der Waals surface area contributed by atoms with Crippen molar-refractivity contribution in [1.82, 2.24) is 24.9 Å². The molecule has 0 fully saturated rings. The molecule has 20 aromatic rings. The summed E-state index contributed by atoms with van der Waals surface area (Å²) < 4.78 is 45.9. The van der Waals surface area contributed by atoms with E-state index in [9.17, 15) is 37.1 Å². The predicted octanol–water partition coefficient (Wildman–Crippen LogP) is 29.8. The summed E-state index contributed by atoms with van der Waals surface area (Å²) in [7, 11) is 0. The average Bonchev–Trinajstić information content (AvgIpc) is 1.68. The molecule has 0 aliphatic rings. The molecule has 0 saturated carbocycles. The Morgan fingerprint density at radius 2 is 0.448 bits per heavy atom. The number of nitrogens with zero attached hydrogens (tertiary/aromatic N) is 5. The highest BCUT2D eigenvalue weighted by Crippen LogP contribution is 2.40. The molecular formula is C100H74Cl2F3N19O5S5. The first kappa shape index (κ1) is 91.0. The summed E-state index contributed by atoms with van der Waals surface area (Å²) in [5, 5.41) is 44.9. The van der Waals surface area contributed by atoms with Crippen LogP contribution in [0.4, 0.5) is 138 Å². The number of fused-ring (bicyclic) bond motifs is 5. The third-order valence-corrected chi connectivity index (χ3v) is 24.4. The molecule has 9 amide bonds. The van der Waals surface area contributed by atoms with Gasteiger partial charge in [0, 0.05) is 39.7 Å². The molecule has 5 heterocycles. The Morgan fingerprint density at radius 3 is 0.769 bits per heavy atom. The highest BCUT2D eigenvalue weighted by molar-refractivity contribution is 7.23. The average molecular weight is 1910 g/mol. The van der Waals surface area contributed by atoms with E-state index in [0.29, 0.717) is 71.4 Å². The number of hydrogen-bond acceptors (Lipinski definition) is 20. The Hall–Kier alpha value is -16.3. The smallest absolute Gasteiger partial charge is 0.323 e. The van der Waals surface area contributed by atoms with Crippen molar-refractivity contribution in [1.29, 1.82) is 0 Å². The molecule has 14 N–H and O–H groups in total. The maximum atomic E-state index is 13.7. The molecule has 0 atom stereocenters. The van der Waals surface area contributed by atoms with Crippen LogP contribution in [0.2, 0.25) is 10.0 Å². The van der Waals surface area contributed by atoms with E-state index in [1.54, 1.807) is 89.4 Å². The summed E-state index contributed by atoms with van der Waals surface area (Å²) in [6.45, 7) is 0. The van der Waals surface area contributed by atoms with E-state index < -0.39 is 41.2 Å². The van der Waals surface area contributed by atoms with Gasteiger partial charge in [0.1, 0.15) is 50.7 Å². The summed E-state index contributed by atoms with van der Waals surface area (Å²) >= 11 is 19.7. The lowest BCUT2D eigenvalue weighted by Crippen LogP contribution is -2.21. The number of para-hydroxylation sites is 14. The highest BCUT2D eigenvalue weighted by Gasteiger charge is 2.21. The molecule has 664 valence electrons. The molecule has 0 unspecified atom stereocenters. The second-order valence-corrected chi connectivity index (χ2v) is 34.5. The number of hydrogen-bond donors (Lipinski definition) is 14. The van der Waals surface area contributed by atoms with Crippen molar-refractivity contribution in [3.8, 4) is 0 Å². The third kappa shape index (κ3) is 24.6. The number of rotatable bonds is 20. The largest absolute Gasteiger partial charge is 0.332 e. The zero-order chi connectivity index (χ0) is 92.5. The van der Waals surface area contributed by atoms with Gasteiger partial charge in [0.05, 0.1) is 73.4 Å². The van der Waals surface area contributed by atoms with Crippen molar-refractivity contribution in [2.75, 3.05) is 74.4 Å². The molecule has 0 aliphatic heterocycles. The Bertz CT molecular complexity index is 7270. The lowest BCUT2D eigenvalue weighted by atomic mass is 10.2. The van der Waals surface area contributed by atoms with Crippen molar-refractivity contribution in [2.45, 2.75) is 0 Å². The zero-order valence-corrected chi connectivity index (χ0v) is 75.4. The minimum atomic E-state index is -0.851. The number of amides is 9. The Labute approximate surface area is 793 Å². The number of aromatic nitrogens is 5. The standard InChI is InChI=1S/C20H14Cl2N4OS.C20H14F2N4OS.C20H15FN4OS.C20H16N4OS.C20H15N3OS/c2*21-13-8-4-9-14(22)17(13)25-19(27)24-15-10-5-11-16-18(15)26-20(28-16)23-12-6-2-1-3-7-12;21-14-9-4-5-10-15(14)23-19(26)24-16-11-6-12-17-18(16)25-20(27-17)22-13-7-2-1-3-8-13;25-19(21-14-8-3-1-4-9-14)23-16-12-7-13-17-18(16)24-20(26-17)22-15-10-5-2-6-11-15;24-19(14-8-3-1-4-9-14)22-16-12-7-13-17-18(16)23-20(25-17)21-15-10-5-2-6-11-15/h2*1-11H,(H,23,26)(H2,24,25,27);1-12H,(H,22,25)(H2,23,24,26);1-13H,(H,22,24)(H2,21,23,25);1-13H,(H,21,23)(H,22,24). The molecule has 0 spiro atoms. The fourth-order valence-electron chi connectivity index (χ4n) is 12.9. The first-order chi connectivity index (χ1) is 65.5. The van der Waals surface area contributed by atoms with E-state index in [1.807, 2.05) is 267 Å². The molecular weight excluding hydrogens is 1840 g/mol. The molecule has 20 rings (SSSR count). The quantitative estimate of drug-likeness (QED) is 0.0337. The third-order valence-electron chi connectivity index (χ3n) is 19.1. The highest BCUT2D eigenvalue weighted by atomic mass is 35.5. The van der Waals surface area contributed by atoms with Gasteiger partial charge in [-0.3, -0.25) is 4.79 Å². The molecule has 0 aliphatic carbocycles. The van der Waals surface area contributed by atoms with E-state index in [2.05, 4.69) is 99.4 Å². The van der Waals surface area contributed by atoms with Crippen LogP contribution in [0.1, 0.15) is 10.4 Å². The zero-order valence-electron chi connectivity index (χ0n) is 69.8. The number of halogens is 5. The molecule has 0 bridgehead atoms. The minimum Gasteiger partial charge on any atom is -0.332 e. The first-order valence-corrected chi connectivity index (χ1v) is 45.7. The maximum absolute atomic E-state index is 13.7. The first-order valence-electron chi connectivity index (χ1n) is 40.9. The summed E-state index contributed by atoms with van der Waals surface area (Å²) in [6, 6.07) is 108. The van der Waals surface area contributed by atoms with Gasteiger partial charge in [0.15, 0.2) is 25.7 Å². The minimum absolute atomic E-state index is 0.117. The number of benzene rings is 15. The maximum Gasteiger partial charge on any atom is 0.323 e. The van der Waals surface area contributed by atoms with Crippen molar-refractivity contribution in [3.63, 3.8) is 0 Å². The Kier molecular flexibility index (Phi) is 30.1. The summed E-state index contributed by atoms with van der Waals surface area (Å²) in [4.78, 5) is 84.6. The van der Waals surface area contributed by atoms with Crippen LogP contribution >= 0.6 is 79.9 Å². The Balaban J connectivity index is 0.000000122. The van der Waals surface area contributed by atoms with Crippen LogP contribution in [-0.2, 0) is 0 Å². The van der Waals surface area contributed by atoms with E-state index in [0.717, 1.165) is 101 Å². The van der Waals surface area contributed by atoms with Gasteiger partial charge in [-0.25, -0.2) is 57.3 Å². The van der Waals surface area contributed by atoms with Gasteiger partial charge >= 0.3 is 24.1 Å². The number of nitrogens with one attached hydrogen (secondary N) is 14. The number of urea groups is 4. The fraction of sp³-hybridized carbons (Fsp3) is 0. The lowest BCUT2D eigenvalue weighted by molar-refractivity contribution is 0.102. The van der Waals surface area contributed by atoms with Crippen LogP contribution in [0.3, 0.4) is 0 Å². The summed E-state index contributed by atoms with van der Waals surface area (Å²) in [6.07, 6.45) is 0. The number of anilines is 19. The SMILES string of the molecule is O=C(Nc1c(Cl)cccc1Cl)Nc1cccc2sc(Nc3ccccc3)nc12.O=C(Nc1c(F)cccc1F)Nc1cccc2sc(Nc3ccccc3)nc12.O=C(Nc1cccc2sc(Nc3ccccc3)nc12)c1ccccc1.O=C(Nc1ccccc1)Nc1cccc2sc(Nc3ccccc3)nc12.O=C(Nc1ccccc1F)Nc1cccc2sc(Nc3ccccc3)nc12. The molecule has 0 radical (unpaired) electrons. The lowest BCUT2D eigenvalue weighted by Gasteiger charge is -2.10. The molecule has 0 saturated heterocycles. The van der Waals surface area contributed by atoms with Gasteiger partial charge in [-0.05, 0) is 182 Å². The normalized spacial score (nSPS) is 10.6. The van der Waals surface area contributed by atoms with E-state index in [-0.39, 0.29) is 17.6 Å². The van der Waals surface area contributed by atoms with Crippen LogP contribution in [0.5, 0.6) is 0 Å². The van der Waals surface area contributed by atoms with Crippen molar-refractivity contribution < 1.29 is 37.1 Å². The van der Waals surface area contributed by atoms with E-state index in [4.69, 9.17) is 23.2 Å². The summed E-state index contributed by atoms with van der Waals surface area (Å²) in [5.74, 6) is -2.33. The molecule has 24 nitrogen and oxygen atoms in total. The molecule has 5 aromatic heterocycles.